The van der Waals surface area contributed by atoms with Crippen LogP contribution in [0.4, 0.5) is 0 Å². The SMILES string of the molecule is O=C([C@@H]1CS[C@@H]2[C@H](O)[C@@H](O)[C@H](O)[C@H](O)C(=O)N21)N1CCC(O)CC1. The average molecular weight is 362 g/mol. The van der Waals surface area contributed by atoms with Gasteiger partial charge in [-0.2, -0.15) is 0 Å². The van der Waals surface area contributed by atoms with Gasteiger partial charge < -0.3 is 35.3 Å². The molecule has 3 rings (SSSR count). The molecule has 10 heteroatoms. The van der Waals surface area contributed by atoms with Crippen molar-refractivity contribution in [2.24, 2.45) is 0 Å². The quantitative estimate of drug-likeness (QED) is 0.327. The predicted octanol–water partition coefficient (Wildman–Crippen LogP) is -3.30. The summed E-state index contributed by atoms with van der Waals surface area (Å²) in [7, 11) is 0. The minimum Gasteiger partial charge on any atom is -0.393 e. The highest BCUT2D eigenvalue weighted by molar-refractivity contribution is 8.00. The van der Waals surface area contributed by atoms with E-state index in [1.54, 1.807) is 4.90 Å². The van der Waals surface area contributed by atoms with Gasteiger partial charge in [-0.15, -0.1) is 11.8 Å². The van der Waals surface area contributed by atoms with Crippen molar-refractivity contribution < 1.29 is 35.1 Å². The lowest BCUT2D eigenvalue weighted by molar-refractivity contribution is -0.154. The third-order valence-electron chi connectivity index (χ3n) is 4.92. The fourth-order valence-electron chi connectivity index (χ4n) is 3.41. The number of fused-ring (bicyclic) bond motifs is 1. The molecule has 24 heavy (non-hydrogen) atoms. The number of hydrogen-bond acceptors (Lipinski definition) is 8. The van der Waals surface area contributed by atoms with Gasteiger partial charge in [0.2, 0.25) is 5.91 Å². The van der Waals surface area contributed by atoms with Gasteiger partial charge in [0.1, 0.15) is 29.7 Å². The number of thioether (sulfide) groups is 1. The Bertz CT molecular complexity index is 513. The summed E-state index contributed by atoms with van der Waals surface area (Å²) < 4.78 is 0. The van der Waals surface area contributed by atoms with Gasteiger partial charge in [0.15, 0.2) is 6.10 Å². The van der Waals surface area contributed by atoms with Crippen molar-refractivity contribution in [2.75, 3.05) is 18.8 Å². The molecule has 0 saturated carbocycles. The molecule has 6 atom stereocenters. The summed E-state index contributed by atoms with van der Waals surface area (Å²) in [6.45, 7) is 0.758. The minimum atomic E-state index is -1.89. The third-order valence-corrected chi connectivity index (χ3v) is 6.27. The topological polar surface area (TPSA) is 142 Å². The number of hydrogen-bond donors (Lipinski definition) is 5. The van der Waals surface area contributed by atoms with Gasteiger partial charge in [-0.05, 0) is 12.8 Å². The Balaban J connectivity index is 1.81. The molecule has 0 radical (unpaired) electrons. The molecule has 3 fully saturated rings. The van der Waals surface area contributed by atoms with Crippen molar-refractivity contribution in [3.05, 3.63) is 0 Å². The number of likely N-dealkylation sites (tertiary alicyclic amines) is 1. The molecule has 5 N–H and O–H groups in total. The Morgan fingerprint density at radius 3 is 2.25 bits per heavy atom. The van der Waals surface area contributed by atoms with E-state index in [4.69, 9.17) is 0 Å². The van der Waals surface area contributed by atoms with Crippen molar-refractivity contribution in [3.8, 4) is 0 Å². The number of aliphatic hydroxyl groups excluding tert-OH is 5. The van der Waals surface area contributed by atoms with Gasteiger partial charge >= 0.3 is 0 Å². The molecule has 0 unspecified atom stereocenters. The minimum absolute atomic E-state index is 0.237. The number of piperidine rings is 1. The van der Waals surface area contributed by atoms with Crippen LogP contribution >= 0.6 is 11.8 Å². The third kappa shape index (κ3) is 2.91. The summed E-state index contributed by atoms with van der Waals surface area (Å²) in [5, 5.41) is 48.4. The molecule has 3 aliphatic rings. The number of nitrogens with zero attached hydrogens (tertiary/aromatic N) is 2. The summed E-state index contributed by atoms with van der Waals surface area (Å²) in [6.07, 6.45) is -6.35. The van der Waals surface area contributed by atoms with Gasteiger partial charge in [0.05, 0.1) is 6.10 Å². The van der Waals surface area contributed by atoms with Crippen LogP contribution < -0.4 is 0 Å². The highest BCUT2D eigenvalue weighted by Crippen LogP contribution is 2.37. The second kappa shape index (κ2) is 6.77. The summed E-state index contributed by atoms with van der Waals surface area (Å²) in [5.74, 6) is -0.944. The fourth-order valence-corrected chi connectivity index (χ4v) is 4.87. The Kier molecular flexibility index (Phi) is 5.05. The van der Waals surface area contributed by atoms with E-state index in [9.17, 15) is 35.1 Å². The zero-order valence-electron chi connectivity index (χ0n) is 12.9. The van der Waals surface area contributed by atoms with Crippen LogP contribution in [-0.4, -0.2) is 108 Å². The molecule has 9 nitrogen and oxygen atoms in total. The van der Waals surface area contributed by atoms with Crippen molar-refractivity contribution in [2.45, 2.75) is 54.8 Å². The second-order valence-electron chi connectivity index (χ2n) is 6.46. The van der Waals surface area contributed by atoms with Gasteiger partial charge in [-0.1, -0.05) is 0 Å². The van der Waals surface area contributed by atoms with Gasteiger partial charge in [0, 0.05) is 18.8 Å². The van der Waals surface area contributed by atoms with Crippen LogP contribution in [0.1, 0.15) is 12.8 Å². The monoisotopic (exact) mass is 362 g/mol. The first-order valence-electron chi connectivity index (χ1n) is 7.96. The largest absolute Gasteiger partial charge is 0.393 e. The fraction of sp³-hybridized carbons (Fsp3) is 0.857. The van der Waals surface area contributed by atoms with E-state index in [1.165, 1.54) is 0 Å². The Labute approximate surface area is 142 Å². The van der Waals surface area contributed by atoms with E-state index >= 15 is 0 Å². The number of aliphatic hydroxyl groups is 5. The zero-order chi connectivity index (χ0) is 17.6. The molecule has 3 heterocycles. The summed E-state index contributed by atoms with van der Waals surface area (Å²) in [5.41, 5.74) is 0. The van der Waals surface area contributed by atoms with Gasteiger partial charge in [-0.3, -0.25) is 9.59 Å². The van der Waals surface area contributed by atoms with Crippen LogP contribution in [0.25, 0.3) is 0 Å². The molecule has 0 bridgehead atoms. The van der Waals surface area contributed by atoms with E-state index in [2.05, 4.69) is 0 Å². The molecule has 0 aliphatic carbocycles. The molecular formula is C14H22N2O7S. The molecule has 0 aromatic rings. The summed E-state index contributed by atoms with van der Waals surface area (Å²) >= 11 is 1.14. The number of rotatable bonds is 1. The first-order valence-corrected chi connectivity index (χ1v) is 9.00. The van der Waals surface area contributed by atoms with Crippen molar-refractivity contribution in [1.29, 1.82) is 0 Å². The molecule has 3 aliphatic heterocycles. The molecule has 3 saturated heterocycles. The van der Waals surface area contributed by atoms with E-state index in [-0.39, 0.29) is 11.7 Å². The lowest BCUT2D eigenvalue weighted by Crippen LogP contribution is -2.56. The number of carbonyl (C=O) groups is 2. The highest BCUT2D eigenvalue weighted by atomic mass is 32.2. The van der Waals surface area contributed by atoms with Crippen LogP contribution in [0.5, 0.6) is 0 Å². The molecule has 0 aromatic heterocycles. The maximum atomic E-state index is 12.7. The Morgan fingerprint density at radius 2 is 1.62 bits per heavy atom. The van der Waals surface area contributed by atoms with Gasteiger partial charge in [-0.25, -0.2) is 0 Å². The maximum Gasteiger partial charge on any atom is 0.255 e. The molecule has 136 valence electrons. The van der Waals surface area contributed by atoms with Crippen LogP contribution in [0, 0.1) is 0 Å². The average Bonchev–Trinajstić information content (AvgIpc) is 3.01. The normalized spacial score (nSPS) is 41.3. The first-order chi connectivity index (χ1) is 11.3. The molecular weight excluding hydrogens is 340 g/mol. The van der Waals surface area contributed by atoms with Gasteiger partial charge in [0.25, 0.3) is 5.91 Å². The first kappa shape index (κ1) is 17.9. The standard InChI is InChI=1S/C14H22N2O7S/c17-6-1-3-15(4-2-6)12(22)7-5-24-14-11(21)9(19)8(18)10(20)13(23)16(7)14/h6-11,14,17-21H,1-5H2/t7-,8-,9-,10-,11+,14+/m0/s1. The number of amides is 2. The van der Waals surface area contributed by atoms with Crippen LogP contribution in [0.3, 0.4) is 0 Å². The van der Waals surface area contributed by atoms with Crippen molar-refractivity contribution in [3.63, 3.8) is 0 Å². The zero-order valence-corrected chi connectivity index (χ0v) is 13.7. The lowest BCUT2D eigenvalue weighted by Gasteiger charge is -2.35. The smallest absolute Gasteiger partial charge is 0.255 e. The van der Waals surface area contributed by atoms with E-state index in [0.29, 0.717) is 25.9 Å². The van der Waals surface area contributed by atoms with Crippen molar-refractivity contribution in [1.82, 2.24) is 9.80 Å². The molecule has 2 amide bonds. The summed E-state index contributed by atoms with van der Waals surface area (Å²) in [6, 6.07) is -0.871. The second-order valence-corrected chi connectivity index (χ2v) is 7.61. The van der Waals surface area contributed by atoms with E-state index in [1.807, 2.05) is 0 Å². The Morgan fingerprint density at radius 1 is 1.00 bits per heavy atom. The van der Waals surface area contributed by atoms with Crippen LogP contribution in [0.15, 0.2) is 0 Å². The maximum absolute atomic E-state index is 12.7. The Hall–Kier alpha value is -0.910. The lowest BCUT2D eigenvalue weighted by atomic mass is 10.1. The summed E-state index contributed by atoms with van der Waals surface area (Å²) in [4.78, 5) is 27.8. The number of carbonyl (C=O) groups excluding carboxylic acids is 2. The van der Waals surface area contributed by atoms with E-state index in [0.717, 1.165) is 16.7 Å². The van der Waals surface area contributed by atoms with Crippen molar-refractivity contribution >= 4 is 23.6 Å². The molecule has 0 aromatic carbocycles. The van der Waals surface area contributed by atoms with Crippen LogP contribution in [-0.2, 0) is 9.59 Å². The predicted molar refractivity (Wildman–Crippen MR) is 82.7 cm³/mol. The van der Waals surface area contributed by atoms with Crippen LogP contribution in [0.2, 0.25) is 0 Å². The molecule has 0 spiro atoms. The van der Waals surface area contributed by atoms with E-state index < -0.39 is 47.8 Å². The highest BCUT2D eigenvalue weighted by Gasteiger charge is 2.54.